The summed E-state index contributed by atoms with van der Waals surface area (Å²) in [4.78, 5) is 13.9. The Morgan fingerprint density at radius 2 is 1.13 bits per heavy atom. The summed E-state index contributed by atoms with van der Waals surface area (Å²) in [5, 5.41) is 10.7. The minimum Gasteiger partial charge on any atom is -0.507 e. The summed E-state index contributed by atoms with van der Waals surface area (Å²) in [6.45, 7) is 13.5. The Morgan fingerprint density at radius 3 is 1.77 bits per heavy atom. The average Bonchev–Trinajstić information content (AvgIpc) is 2.92. The number of phenols is 1. The summed E-state index contributed by atoms with van der Waals surface area (Å²) in [7, 11) is 0. The smallest absolute Gasteiger partial charge is 0.159 e. The van der Waals surface area contributed by atoms with E-state index < -0.39 is 0 Å². The molecular formula is C35H35N3O. The maximum absolute atomic E-state index is 10.7. The molecule has 5 rings (SSSR count). The van der Waals surface area contributed by atoms with Crippen molar-refractivity contribution in [3.63, 3.8) is 0 Å². The van der Waals surface area contributed by atoms with E-state index in [2.05, 4.69) is 94.0 Å². The van der Waals surface area contributed by atoms with Crippen molar-refractivity contribution >= 4 is 0 Å². The molecule has 0 bridgehead atoms. The number of para-hydroxylation sites is 1. The van der Waals surface area contributed by atoms with Gasteiger partial charge in [-0.25, -0.2) is 15.0 Å². The van der Waals surface area contributed by atoms with E-state index >= 15 is 0 Å². The van der Waals surface area contributed by atoms with E-state index in [4.69, 9.17) is 4.98 Å². The number of hydrogen-bond donors (Lipinski definition) is 1. The van der Waals surface area contributed by atoms with Gasteiger partial charge in [0.15, 0.2) is 5.82 Å². The number of pyridine rings is 1. The van der Waals surface area contributed by atoms with Gasteiger partial charge in [-0.3, -0.25) is 0 Å². The quantitative estimate of drug-likeness (QED) is 0.261. The third-order valence-electron chi connectivity index (χ3n) is 6.99. The van der Waals surface area contributed by atoms with Crippen LogP contribution in [0.5, 0.6) is 5.75 Å². The molecule has 2 heterocycles. The van der Waals surface area contributed by atoms with Crippen molar-refractivity contribution in [1.29, 1.82) is 0 Å². The highest BCUT2D eigenvalue weighted by Gasteiger charge is 2.22. The van der Waals surface area contributed by atoms with Crippen LogP contribution in [-0.2, 0) is 10.8 Å². The van der Waals surface area contributed by atoms with E-state index in [1.54, 1.807) is 18.5 Å². The summed E-state index contributed by atoms with van der Waals surface area (Å²) in [6.07, 6.45) is 3.50. The van der Waals surface area contributed by atoms with Gasteiger partial charge in [-0.15, -0.1) is 0 Å². The van der Waals surface area contributed by atoms with Crippen LogP contribution in [0.1, 0.15) is 52.7 Å². The molecule has 3 aromatic carbocycles. The Morgan fingerprint density at radius 1 is 0.538 bits per heavy atom. The van der Waals surface area contributed by atoms with Crippen LogP contribution in [0.4, 0.5) is 0 Å². The van der Waals surface area contributed by atoms with Crippen LogP contribution in [0.3, 0.4) is 0 Å². The third kappa shape index (κ3) is 5.75. The summed E-state index contributed by atoms with van der Waals surface area (Å²) in [5.74, 6) is 0.877. The van der Waals surface area contributed by atoms with Crippen LogP contribution in [0.2, 0.25) is 0 Å². The predicted molar refractivity (Wildman–Crippen MR) is 161 cm³/mol. The molecule has 1 N–H and O–H groups in total. The van der Waals surface area contributed by atoms with Crippen molar-refractivity contribution in [3.05, 3.63) is 108 Å². The van der Waals surface area contributed by atoms with Crippen molar-refractivity contribution < 1.29 is 5.11 Å². The second-order valence-electron chi connectivity index (χ2n) is 12.1. The molecule has 0 saturated carbocycles. The Labute approximate surface area is 231 Å². The molecule has 0 aliphatic carbocycles. The zero-order chi connectivity index (χ0) is 27.8. The summed E-state index contributed by atoms with van der Waals surface area (Å²) >= 11 is 0. The first-order chi connectivity index (χ1) is 18.5. The van der Waals surface area contributed by atoms with Crippen LogP contribution >= 0.6 is 0 Å². The van der Waals surface area contributed by atoms with E-state index in [9.17, 15) is 5.11 Å². The predicted octanol–water partition coefficient (Wildman–Crippen LogP) is 8.84. The Kier molecular flexibility index (Phi) is 6.82. The summed E-state index contributed by atoms with van der Waals surface area (Å²) < 4.78 is 0. The number of rotatable bonds is 4. The van der Waals surface area contributed by atoms with Gasteiger partial charge in [0.25, 0.3) is 0 Å². The largest absolute Gasteiger partial charge is 0.507 e. The molecule has 196 valence electrons. The highest BCUT2D eigenvalue weighted by atomic mass is 16.3. The number of benzene rings is 3. The molecule has 0 atom stereocenters. The highest BCUT2D eigenvalue weighted by molar-refractivity contribution is 5.80. The molecule has 0 fully saturated rings. The Hall–Kier alpha value is -4.31. The van der Waals surface area contributed by atoms with Gasteiger partial charge < -0.3 is 5.11 Å². The van der Waals surface area contributed by atoms with Gasteiger partial charge >= 0.3 is 0 Å². The summed E-state index contributed by atoms with van der Waals surface area (Å²) in [5.41, 5.74) is 8.88. The van der Waals surface area contributed by atoms with Crippen molar-refractivity contribution in [2.75, 3.05) is 0 Å². The van der Waals surface area contributed by atoms with Crippen molar-refractivity contribution in [3.8, 4) is 50.8 Å². The second-order valence-corrected chi connectivity index (χ2v) is 12.1. The molecule has 39 heavy (non-hydrogen) atoms. The fraction of sp³-hybridized carbons (Fsp3) is 0.229. The maximum atomic E-state index is 10.7. The molecule has 0 aliphatic rings. The summed E-state index contributed by atoms with van der Waals surface area (Å²) in [6, 6.07) is 28.5. The lowest BCUT2D eigenvalue weighted by Gasteiger charge is -2.26. The molecular weight excluding hydrogens is 478 g/mol. The van der Waals surface area contributed by atoms with Gasteiger partial charge in [-0.1, -0.05) is 90.1 Å². The molecule has 0 spiro atoms. The standard InChI is InChI=1S/C35H35N3O/c1-34(2,3)27-18-25(19-28(22-27)35(4,5)6)26-20-30(38-31(21-26)29-13-7-8-14-32(29)39)23-11-9-12-24(17-23)33-36-15-10-16-37-33/h7-22,39H,1-6H3. The van der Waals surface area contributed by atoms with Gasteiger partial charge in [0.2, 0.25) is 0 Å². The van der Waals surface area contributed by atoms with Crippen LogP contribution in [0, 0.1) is 0 Å². The molecule has 0 saturated heterocycles. The lowest BCUT2D eigenvalue weighted by atomic mass is 9.79. The van der Waals surface area contributed by atoms with Crippen LogP contribution in [-0.4, -0.2) is 20.1 Å². The van der Waals surface area contributed by atoms with Crippen molar-refractivity contribution in [2.24, 2.45) is 0 Å². The fourth-order valence-electron chi connectivity index (χ4n) is 4.60. The molecule has 0 unspecified atom stereocenters. The average molecular weight is 514 g/mol. The van der Waals surface area contributed by atoms with Gasteiger partial charge in [0, 0.05) is 29.1 Å². The molecule has 4 nitrogen and oxygen atoms in total. The minimum atomic E-state index is -0.00356. The highest BCUT2D eigenvalue weighted by Crippen LogP contribution is 2.38. The second kappa shape index (κ2) is 10.1. The van der Waals surface area contributed by atoms with E-state index in [1.165, 1.54) is 11.1 Å². The van der Waals surface area contributed by atoms with Gasteiger partial charge in [0.05, 0.1) is 11.4 Å². The third-order valence-corrected chi connectivity index (χ3v) is 6.99. The van der Waals surface area contributed by atoms with Gasteiger partial charge in [0.1, 0.15) is 5.75 Å². The molecule has 0 amide bonds. The first-order valence-electron chi connectivity index (χ1n) is 13.3. The van der Waals surface area contributed by atoms with E-state index in [0.717, 1.165) is 33.6 Å². The van der Waals surface area contributed by atoms with Gasteiger partial charge in [-0.2, -0.15) is 0 Å². The Bertz CT molecular complexity index is 1590. The first kappa shape index (κ1) is 26.3. The van der Waals surface area contributed by atoms with Crippen LogP contribution in [0.15, 0.2) is 97.3 Å². The lowest BCUT2D eigenvalue weighted by Crippen LogP contribution is -2.16. The molecule has 2 aromatic heterocycles. The number of aromatic nitrogens is 3. The van der Waals surface area contributed by atoms with Crippen molar-refractivity contribution in [2.45, 2.75) is 52.4 Å². The monoisotopic (exact) mass is 513 g/mol. The number of nitrogens with zero attached hydrogens (tertiary/aromatic N) is 3. The zero-order valence-corrected chi connectivity index (χ0v) is 23.5. The molecule has 4 heteroatoms. The molecule has 0 radical (unpaired) electrons. The Balaban J connectivity index is 1.75. The minimum absolute atomic E-state index is 0.00356. The van der Waals surface area contributed by atoms with Gasteiger partial charge in [-0.05, 0) is 69.5 Å². The maximum Gasteiger partial charge on any atom is 0.159 e. The molecule has 5 aromatic rings. The number of hydrogen-bond acceptors (Lipinski definition) is 4. The number of phenolic OH excluding ortho intramolecular Hbond substituents is 1. The molecule has 0 aliphatic heterocycles. The normalized spacial score (nSPS) is 11.9. The van der Waals surface area contributed by atoms with E-state index in [1.807, 2.05) is 36.4 Å². The first-order valence-corrected chi connectivity index (χ1v) is 13.3. The number of aromatic hydroxyl groups is 1. The fourth-order valence-corrected chi connectivity index (χ4v) is 4.60. The topological polar surface area (TPSA) is 58.9 Å². The van der Waals surface area contributed by atoms with Crippen LogP contribution in [0.25, 0.3) is 45.0 Å². The zero-order valence-electron chi connectivity index (χ0n) is 23.5. The van der Waals surface area contributed by atoms with E-state index in [-0.39, 0.29) is 16.6 Å². The SMILES string of the molecule is CC(C)(C)c1cc(-c2cc(-c3cccc(-c4ncccn4)c3)nc(-c3ccccc3O)c2)cc(C(C)(C)C)c1. The lowest BCUT2D eigenvalue weighted by molar-refractivity contribution is 0.477. The van der Waals surface area contributed by atoms with Crippen LogP contribution < -0.4 is 0 Å². The van der Waals surface area contributed by atoms with E-state index in [0.29, 0.717) is 11.4 Å². The van der Waals surface area contributed by atoms with Crippen molar-refractivity contribution in [1.82, 2.24) is 15.0 Å².